The molecule has 0 saturated carbocycles. The van der Waals surface area contributed by atoms with Crippen LogP contribution < -0.4 is 11.1 Å². The molecule has 0 spiro atoms. The van der Waals surface area contributed by atoms with Crippen molar-refractivity contribution in [2.45, 2.75) is 6.54 Å². The Hall–Kier alpha value is -1.37. The van der Waals surface area contributed by atoms with E-state index in [4.69, 9.17) is 17.3 Å². The van der Waals surface area contributed by atoms with E-state index in [2.05, 4.69) is 15.3 Å². The molecule has 3 N–H and O–H groups in total. The van der Waals surface area contributed by atoms with E-state index in [1.54, 1.807) is 6.20 Å². The van der Waals surface area contributed by atoms with Crippen molar-refractivity contribution in [1.29, 1.82) is 0 Å². The number of anilines is 2. The average Bonchev–Trinajstić information content (AvgIpc) is 2.90. The van der Waals surface area contributed by atoms with Crippen LogP contribution in [0.3, 0.4) is 0 Å². The number of rotatable bonds is 3. The smallest absolute Gasteiger partial charge is 0.183 e. The van der Waals surface area contributed by atoms with E-state index in [0.29, 0.717) is 16.1 Å². The molecule has 3 rings (SSSR count). The fourth-order valence-electron chi connectivity index (χ4n) is 1.61. The third kappa shape index (κ3) is 2.40. The molecule has 0 atom stereocenters. The van der Waals surface area contributed by atoms with Gasteiger partial charge in [-0.2, -0.15) is 0 Å². The van der Waals surface area contributed by atoms with Gasteiger partial charge in [-0.25, -0.2) is 9.97 Å². The Morgan fingerprint density at radius 1 is 1.33 bits per heavy atom. The number of thiazole rings is 2. The first kappa shape index (κ1) is 11.7. The molecule has 0 aliphatic rings. The molecule has 18 heavy (non-hydrogen) atoms. The van der Waals surface area contributed by atoms with Crippen molar-refractivity contribution in [3.05, 3.63) is 33.7 Å². The molecule has 2 aromatic heterocycles. The van der Waals surface area contributed by atoms with Crippen LogP contribution in [-0.4, -0.2) is 9.97 Å². The zero-order chi connectivity index (χ0) is 12.5. The Morgan fingerprint density at radius 2 is 2.22 bits per heavy atom. The second-order valence-corrected chi connectivity index (χ2v) is 6.43. The van der Waals surface area contributed by atoms with Gasteiger partial charge in [-0.15, -0.1) is 11.3 Å². The zero-order valence-electron chi connectivity index (χ0n) is 9.18. The number of nitrogens with two attached hydrogens (primary N) is 1. The Kier molecular flexibility index (Phi) is 3.07. The predicted molar refractivity (Wildman–Crippen MR) is 78.5 cm³/mol. The molecule has 0 bridgehead atoms. The molecule has 2 heterocycles. The summed E-state index contributed by atoms with van der Waals surface area (Å²) in [5.74, 6) is 0. The summed E-state index contributed by atoms with van der Waals surface area (Å²) >= 11 is 8.75. The van der Waals surface area contributed by atoms with Crippen LogP contribution in [0.5, 0.6) is 0 Å². The highest BCUT2D eigenvalue weighted by Crippen LogP contribution is 2.26. The van der Waals surface area contributed by atoms with Crippen molar-refractivity contribution in [3.8, 4) is 0 Å². The summed E-state index contributed by atoms with van der Waals surface area (Å²) in [5.41, 5.74) is 7.61. The summed E-state index contributed by atoms with van der Waals surface area (Å²) in [7, 11) is 0. The van der Waals surface area contributed by atoms with Crippen LogP contribution in [-0.2, 0) is 6.54 Å². The lowest BCUT2D eigenvalue weighted by Crippen LogP contribution is -1.96. The van der Waals surface area contributed by atoms with Crippen LogP contribution in [0.4, 0.5) is 10.8 Å². The van der Waals surface area contributed by atoms with Crippen LogP contribution >= 0.6 is 34.3 Å². The first-order valence-corrected chi connectivity index (χ1v) is 7.22. The minimum atomic E-state index is 0.564. The summed E-state index contributed by atoms with van der Waals surface area (Å²) in [4.78, 5) is 9.35. The van der Waals surface area contributed by atoms with Crippen LogP contribution in [0.15, 0.2) is 24.4 Å². The number of benzene rings is 1. The number of aromatic nitrogens is 2. The van der Waals surface area contributed by atoms with Gasteiger partial charge in [0.25, 0.3) is 0 Å². The van der Waals surface area contributed by atoms with Crippen LogP contribution in [0, 0.1) is 0 Å². The monoisotopic (exact) mass is 296 g/mol. The molecule has 0 fully saturated rings. The average molecular weight is 297 g/mol. The number of halogens is 1. The second-order valence-electron chi connectivity index (χ2n) is 3.67. The van der Waals surface area contributed by atoms with Gasteiger partial charge in [-0.05, 0) is 18.2 Å². The van der Waals surface area contributed by atoms with E-state index >= 15 is 0 Å². The highest BCUT2D eigenvalue weighted by molar-refractivity contribution is 7.22. The number of nitrogens with one attached hydrogen (secondary N) is 1. The van der Waals surface area contributed by atoms with Crippen LogP contribution in [0.1, 0.15) is 4.88 Å². The molecule has 3 aromatic rings. The minimum absolute atomic E-state index is 0.564. The number of hydrogen-bond acceptors (Lipinski definition) is 6. The van der Waals surface area contributed by atoms with Crippen molar-refractivity contribution in [2.75, 3.05) is 11.1 Å². The Morgan fingerprint density at radius 3 is 3.00 bits per heavy atom. The standard InChI is InChI=1S/C11H9ClN4S2/c12-10-15-5-7(17-10)4-14-6-1-2-9-8(3-6)16-11(13)18-9/h1-3,5,14H,4H2,(H2,13,16). The molecule has 0 amide bonds. The highest BCUT2D eigenvalue weighted by atomic mass is 35.5. The zero-order valence-corrected chi connectivity index (χ0v) is 11.6. The van der Waals surface area contributed by atoms with Gasteiger partial charge < -0.3 is 11.1 Å². The van der Waals surface area contributed by atoms with E-state index in [1.165, 1.54) is 22.7 Å². The first-order valence-electron chi connectivity index (χ1n) is 5.21. The minimum Gasteiger partial charge on any atom is -0.380 e. The first-order chi connectivity index (χ1) is 8.70. The normalized spacial score (nSPS) is 10.9. The molecule has 0 aliphatic heterocycles. The van der Waals surface area contributed by atoms with Crippen molar-refractivity contribution >= 4 is 55.3 Å². The number of nitrogen functional groups attached to an aromatic ring is 1. The van der Waals surface area contributed by atoms with E-state index in [1.807, 2.05) is 18.2 Å². The Balaban J connectivity index is 1.78. The Labute approximate surface area is 116 Å². The summed E-state index contributed by atoms with van der Waals surface area (Å²) in [6.07, 6.45) is 1.78. The van der Waals surface area contributed by atoms with Gasteiger partial charge in [0.2, 0.25) is 0 Å². The quantitative estimate of drug-likeness (QED) is 0.775. The molecule has 0 aliphatic carbocycles. The predicted octanol–water partition coefficient (Wildman–Crippen LogP) is 3.60. The van der Waals surface area contributed by atoms with Crippen LogP contribution in [0.25, 0.3) is 10.2 Å². The molecular weight excluding hydrogens is 288 g/mol. The maximum Gasteiger partial charge on any atom is 0.183 e. The Bertz CT molecular complexity index is 691. The lowest BCUT2D eigenvalue weighted by Gasteiger charge is -2.03. The SMILES string of the molecule is Nc1nc2cc(NCc3cnc(Cl)s3)ccc2s1. The number of fused-ring (bicyclic) bond motifs is 1. The highest BCUT2D eigenvalue weighted by Gasteiger charge is 2.03. The number of hydrogen-bond donors (Lipinski definition) is 2. The van der Waals surface area contributed by atoms with E-state index in [9.17, 15) is 0 Å². The molecule has 0 saturated heterocycles. The molecule has 0 unspecified atom stereocenters. The van der Waals surface area contributed by atoms with Crippen molar-refractivity contribution in [3.63, 3.8) is 0 Å². The summed E-state index contributed by atoms with van der Waals surface area (Å²) in [5, 5.41) is 3.91. The van der Waals surface area contributed by atoms with Gasteiger partial charge >= 0.3 is 0 Å². The van der Waals surface area contributed by atoms with Gasteiger partial charge in [0.1, 0.15) is 0 Å². The van der Waals surface area contributed by atoms with Gasteiger partial charge in [0.15, 0.2) is 9.60 Å². The topological polar surface area (TPSA) is 63.8 Å². The maximum atomic E-state index is 5.78. The van der Waals surface area contributed by atoms with Crippen molar-refractivity contribution in [2.24, 2.45) is 0 Å². The molecular formula is C11H9ClN4S2. The summed E-state index contributed by atoms with van der Waals surface area (Å²) in [6.45, 7) is 0.704. The number of nitrogens with zero attached hydrogens (tertiary/aromatic N) is 2. The van der Waals surface area contributed by atoms with Crippen molar-refractivity contribution < 1.29 is 0 Å². The van der Waals surface area contributed by atoms with E-state index in [-0.39, 0.29) is 0 Å². The summed E-state index contributed by atoms with van der Waals surface area (Å²) in [6, 6.07) is 6.03. The largest absolute Gasteiger partial charge is 0.380 e. The van der Waals surface area contributed by atoms with Gasteiger partial charge in [-0.1, -0.05) is 22.9 Å². The summed E-state index contributed by atoms with van der Waals surface area (Å²) < 4.78 is 1.66. The second kappa shape index (κ2) is 4.72. The third-order valence-corrected chi connectivity index (χ3v) is 4.38. The van der Waals surface area contributed by atoms with Gasteiger partial charge in [-0.3, -0.25) is 0 Å². The van der Waals surface area contributed by atoms with E-state index in [0.717, 1.165) is 20.8 Å². The van der Waals surface area contributed by atoms with Gasteiger partial charge in [0, 0.05) is 16.8 Å². The lowest BCUT2D eigenvalue weighted by molar-refractivity contribution is 1.18. The fourth-order valence-corrected chi connectivity index (χ4v) is 3.24. The van der Waals surface area contributed by atoms with E-state index < -0.39 is 0 Å². The fraction of sp³-hybridized carbons (Fsp3) is 0.0909. The molecule has 0 radical (unpaired) electrons. The molecule has 4 nitrogen and oxygen atoms in total. The molecule has 1 aromatic carbocycles. The van der Waals surface area contributed by atoms with Crippen molar-refractivity contribution in [1.82, 2.24) is 9.97 Å². The lowest BCUT2D eigenvalue weighted by atomic mass is 10.3. The molecule has 92 valence electrons. The molecule has 7 heteroatoms. The van der Waals surface area contributed by atoms with Crippen LogP contribution in [0.2, 0.25) is 4.47 Å². The third-order valence-electron chi connectivity index (χ3n) is 2.40. The van der Waals surface area contributed by atoms with Gasteiger partial charge in [0.05, 0.1) is 16.8 Å². The maximum absolute atomic E-state index is 5.78.